The van der Waals surface area contributed by atoms with Gasteiger partial charge in [0.1, 0.15) is 11.5 Å². The highest BCUT2D eigenvalue weighted by Gasteiger charge is 2.26. The topological polar surface area (TPSA) is 119 Å². The van der Waals surface area contributed by atoms with Gasteiger partial charge in [-0.05, 0) is 35.9 Å². The number of amides is 1. The van der Waals surface area contributed by atoms with Gasteiger partial charge in [-0.15, -0.1) is 0 Å². The van der Waals surface area contributed by atoms with Crippen molar-refractivity contribution in [2.75, 3.05) is 35.5 Å². The van der Waals surface area contributed by atoms with Crippen molar-refractivity contribution in [2.24, 2.45) is 0 Å². The number of hydrogen-bond donors (Lipinski definition) is 1. The van der Waals surface area contributed by atoms with Crippen LogP contribution in [0.3, 0.4) is 0 Å². The van der Waals surface area contributed by atoms with Crippen LogP contribution in [-0.4, -0.2) is 53.2 Å². The first-order valence-electron chi connectivity index (χ1n) is 12.4. The minimum absolute atomic E-state index is 0.102. The van der Waals surface area contributed by atoms with Gasteiger partial charge in [0.2, 0.25) is 11.9 Å². The van der Waals surface area contributed by atoms with Gasteiger partial charge in [0, 0.05) is 18.5 Å². The molecule has 0 aliphatic heterocycles. The summed E-state index contributed by atoms with van der Waals surface area (Å²) in [5.41, 5.74) is 1.45. The Kier molecular flexibility index (Phi) is 10.8. The zero-order valence-electron chi connectivity index (χ0n) is 23.1. The first kappa shape index (κ1) is 29.8. The Morgan fingerprint density at radius 1 is 0.725 bits per heavy atom. The van der Waals surface area contributed by atoms with Crippen LogP contribution in [-0.2, 0) is 20.9 Å². The van der Waals surface area contributed by atoms with E-state index in [9.17, 15) is 14.4 Å². The number of esters is 1. The third-order valence-electron chi connectivity index (χ3n) is 6.04. The van der Waals surface area contributed by atoms with Gasteiger partial charge in [0.15, 0.2) is 17.3 Å². The quantitative estimate of drug-likeness (QED) is 0.231. The normalized spacial score (nSPS) is 11.1. The molecule has 0 saturated heterocycles. The number of rotatable bonds is 14. The van der Waals surface area contributed by atoms with E-state index in [0.29, 0.717) is 39.9 Å². The largest absolute Gasteiger partial charge is 0.497 e. The van der Waals surface area contributed by atoms with E-state index in [0.717, 1.165) is 0 Å². The fourth-order valence-electron chi connectivity index (χ4n) is 3.99. The highest BCUT2D eigenvalue weighted by Crippen LogP contribution is 2.38. The molecule has 1 unspecified atom stereocenters. The van der Waals surface area contributed by atoms with Crippen molar-refractivity contribution in [1.29, 1.82) is 0 Å². The molecule has 3 rings (SSSR count). The summed E-state index contributed by atoms with van der Waals surface area (Å²) >= 11 is 0. The van der Waals surface area contributed by atoms with Crippen LogP contribution in [0.15, 0.2) is 60.7 Å². The van der Waals surface area contributed by atoms with Crippen molar-refractivity contribution in [2.45, 2.75) is 25.5 Å². The van der Waals surface area contributed by atoms with Crippen molar-refractivity contribution in [3.8, 4) is 28.7 Å². The average molecular weight is 552 g/mol. The van der Waals surface area contributed by atoms with Crippen molar-refractivity contribution in [1.82, 2.24) is 5.32 Å². The maximum absolute atomic E-state index is 13.2. The van der Waals surface area contributed by atoms with Crippen LogP contribution in [0.4, 0.5) is 0 Å². The molecule has 212 valence electrons. The Balaban J connectivity index is 1.71. The Bertz CT molecular complexity index is 1300. The summed E-state index contributed by atoms with van der Waals surface area (Å²) in [6, 6.07) is 16.9. The molecule has 40 heavy (non-hydrogen) atoms. The second-order valence-corrected chi connectivity index (χ2v) is 8.52. The molecule has 0 radical (unpaired) electrons. The molecular weight excluding hydrogens is 518 g/mol. The van der Waals surface area contributed by atoms with Crippen LogP contribution in [0.1, 0.15) is 40.4 Å². The van der Waals surface area contributed by atoms with E-state index < -0.39 is 18.0 Å². The number of ketones is 1. The van der Waals surface area contributed by atoms with Gasteiger partial charge in [-0.25, -0.2) is 0 Å². The predicted molar refractivity (Wildman–Crippen MR) is 146 cm³/mol. The number of Topliss-reactive ketones (excluding diaryl/α,β-unsaturated/α-hetero) is 1. The van der Waals surface area contributed by atoms with E-state index in [-0.39, 0.29) is 30.7 Å². The molecular formula is C30H33NO9. The predicted octanol–water partition coefficient (Wildman–Crippen LogP) is 4.29. The summed E-state index contributed by atoms with van der Waals surface area (Å²) in [6.45, 7) is 0.102. The fourth-order valence-corrected chi connectivity index (χ4v) is 3.99. The summed E-state index contributed by atoms with van der Waals surface area (Å²) in [5.74, 6) is 0.602. The lowest BCUT2D eigenvalue weighted by atomic mass is 10.0. The lowest BCUT2D eigenvalue weighted by Gasteiger charge is -2.19. The van der Waals surface area contributed by atoms with Crippen LogP contribution in [0.5, 0.6) is 28.7 Å². The molecule has 3 aromatic carbocycles. The smallest absolute Gasteiger partial charge is 0.307 e. The average Bonchev–Trinajstić information content (AvgIpc) is 3.00. The van der Waals surface area contributed by atoms with Crippen LogP contribution in [0, 0.1) is 0 Å². The molecule has 0 fully saturated rings. The second-order valence-electron chi connectivity index (χ2n) is 8.52. The third-order valence-corrected chi connectivity index (χ3v) is 6.04. The molecule has 1 atom stereocenters. The van der Waals surface area contributed by atoms with Crippen molar-refractivity contribution in [3.05, 3.63) is 77.4 Å². The molecule has 0 aromatic heterocycles. The monoisotopic (exact) mass is 551 g/mol. The molecule has 10 nitrogen and oxygen atoms in total. The maximum Gasteiger partial charge on any atom is 0.307 e. The Morgan fingerprint density at radius 2 is 1.38 bits per heavy atom. The van der Waals surface area contributed by atoms with Gasteiger partial charge in [0.05, 0.1) is 47.5 Å². The number of nitrogens with one attached hydrogen (secondary N) is 1. The van der Waals surface area contributed by atoms with E-state index in [4.69, 9.17) is 28.4 Å². The van der Waals surface area contributed by atoms with Crippen molar-refractivity contribution < 1.29 is 42.8 Å². The van der Waals surface area contributed by atoms with E-state index >= 15 is 0 Å². The molecule has 1 amide bonds. The molecule has 3 aromatic rings. The molecule has 0 bridgehead atoms. The van der Waals surface area contributed by atoms with E-state index in [1.807, 2.05) is 0 Å². The zero-order valence-corrected chi connectivity index (χ0v) is 23.1. The van der Waals surface area contributed by atoms with E-state index in [2.05, 4.69) is 5.32 Å². The van der Waals surface area contributed by atoms with E-state index in [1.165, 1.54) is 35.5 Å². The number of hydrogen-bond acceptors (Lipinski definition) is 9. The van der Waals surface area contributed by atoms with Gasteiger partial charge in [-0.2, -0.15) is 0 Å². The van der Waals surface area contributed by atoms with Crippen LogP contribution in [0.2, 0.25) is 0 Å². The molecule has 0 spiro atoms. The van der Waals surface area contributed by atoms with Gasteiger partial charge in [-0.3, -0.25) is 14.4 Å². The Labute approximate surface area is 233 Å². The fraction of sp³-hybridized carbons (Fsp3) is 0.300. The molecule has 1 N–H and O–H groups in total. The van der Waals surface area contributed by atoms with Gasteiger partial charge >= 0.3 is 5.97 Å². The first-order valence-corrected chi connectivity index (χ1v) is 12.4. The highest BCUT2D eigenvalue weighted by molar-refractivity contribution is 6.00. The van der Waals surface area contributed by atoms with Crippen molar-refractivity contribution in [3.63, 3.8) is 0 Å². The number of ether oxygens (including phenoxy) is 6. The zero-order chi connectivity index (χ0) is 29.1. The lowest BCUT2D eigenvalue weighted by Crippen LogP contribution is -2.32. The van der Waals surface area contributed by atoms with Crippen molar-refractivity contribution >= 4 is 17.7 Å². The molecule has 0 aliphatic rings. The number of carbonyl (C=O) groups is 3. The van der Waals surface area contributed by atoms with Crippen LogP contribution >= 0.6 is 0 Å². The number of carbonyl (C=O) groups excluding carboxylic acids is 3. The molecule has 0 aliphatic carbocycles. The highest BCUT2D eigenvalue weighted by atomic mass is 16.5. The third kappa shape index (κ3) is 7.43. The van der Waals surface area contributed by atoms with Crippen LogP contribution < -0.4 is 29.0 Å². The SMILES string of the molecule is COc1ccc(OC)c(C(=O)CCC(=O)OC(C(=O)NCc2cc(OC)c(OC)c(OC)c2)c2ccccc2)c1. The first-order chi connectivity index (χ1) is 19.3. The van der Waals surface area contributed by atoms with Gasteiger partial charge in [0.25, 0.3) is 5.91 Å². The molecule has 0 saturated carbocycles. The minimum Gasteiger partial charge on any atom is -0.497 e. The van der Waals surface area contributed by atoms with Crippen LogP contribution in [0.25, 0.3) is 0 Å². The van der Waals surface area contributed by atoms with Gasteiger partial charge < -0.3 is 33.7 Å². The molecule has 10 heteroatoms. The number of benzene rings is 3. The summed E-state index contributed by atoms with van der Waals surface area (Å²) < 4.78 is 32.1. The maximum atomic E-state index is 13.2. The Morgan fingerprint density at radius 3 is 1.95 bits per heavy atom. The second kappa shape index (κ2) is 14.4. The summed E-state index contributed by atoms with van der Waals surface area (Å²) in [5, 5.41) is 2.80. The standard InChI is InChI=1S/C30H33NO9/c1-35-21-11-13-24(36-2)22(17-21)23(32)12-14-27(33)40-28(20-9-7-6-8-10-20)30(34)31-18-19-15-25(37-3)29(39-5)26(16-19)38-4/h6-11,13,15-17,28H,12,14,18H2,1-5H3,(H,31,34). The summed E-state index contributed by atoms with van der Waals surface area (Å²) in [7, 11) is 7.44. The molecule has 0 heterocycles. The van der Waals surface area contributed by atoms with E-state index in [1.54, 1.807) is 60.7 Å². The van der Waals surface area contributed by atoms with Gasteiger partial charge in [-0.1, -0.05) is 30.3 Å². The summed E-state index contributed by atoms with van der Waals surface area (Å²) in [4.78, 5) is 38.9. The summed E-state index contributed by atoms with van der Waals surface area (Å²) in [6.07, 6.45) is -1.60. The number of methoxy groups -OCH3 is 5. The minimum atomic E-state index is -1.22. The Hall–Kier alpha value is -4.73. The lowest BCUT2D eigenvalue weighted by molar-refractivity contribution is -0.156.